The van der Waals surface area contributed by atoms with Crippen LogP contribution in [-0.4, -0.2) is 34.3 Å². The van der Waals surface area contributed by atoms with Crippen LogP contribution in [0.3, 0.4) is 0 Å². The summed E-state index contributed by atoms with van der Waals surface area (Å²) in [4.78, 5) is 31.2. The lowest BCUT2D eigenvalue weighted by molar-refractivity contribution is -0.141. The van der Waals surface area contributed by atoms with Crippen LogP contribution in [0.15, 0.2) is 5.38 Å². The summed E-state index contributed by atoms with van der Waals surface area (Å²) in [6.45, 7) is 3.04. The molecule has 132 valence electrons. The summed E-state index contributed by atoms with van der Waals surface area (Å²) in [6.07, 6.45) is 8.32. The third-order valence-electron chi connectivity index (χ3n) is 5.19. The molecule has 24 heavy (non-hydrogen) atoms. The zero-order valence-corrected chi connectivity index (χ0v) is 15.2. The minimum absolute atomic E-state index is 0.0618. The molecule has 0 radical (unpaired) electrons. The van der Waals surface area contributed by atoms with E-state index in [1.165, 1.54) is 25.7 Å². The highest BCUT2D eigenvalue weighted by atomic mass is 32.1. The molecule has 2 fully saturated rings. The first-order chi connectivity index (χ1) is 11.6. The van der Waals surface area contributed by atoms with Crippen molar-refractivity contribution in [3.63, 3.8) is 0 Å². The third kappa shape index (κ3) is 4.35. The Hall–Kier alpha value is -1.43. The minimum Gasteiger partial charge on any atom is -0.350 e. The van der Waals surface area contributed by atoms with Crippen LogP contribution in [0.2, 0.25) is 0 Å². The molecule has 6 heteroatoms. The van der Waals surface area contributed by atoms with E-state index < -0.39 is 0 Å². The highest BCUT2D eigenvalue weighted by Gasteiger charge is 2.34. The molecule has 1 N–H and O–H groups in total. The summed E-state index contributed by atoms with van der Waals surface area (Å²) in [5.41, 5.74) is 0.915. The number of nitrogens with zero attached hydrogens (tertiary/aromatic N) is 2. The van der Waals surface area contributed by atoms with Crippen molar-refractivity contribution in [2.75, 3.05) is 6.54 Å². The number of aromatic nitrogens is 1. The van der Waals surface area contributed by atoms with E-state index in [4.69, 9.17) is 0 Å². The Kier molecular flexibility index (Phi) is 5.87. The van der Waals surface area contributed by atoms with Crippen molar-refractivity contribution in [1.82, 2.24) is 15.2 Å². The van der Waals surface area contributed by atoms with Crippen LogP contribution in [0.4, 0.5) is 0 Å². The van der Waals surface area contributed by atoms with E-state index >= 15 is 0 Å². The van der Waals surface area contributed by atoms with Gasteiger partial charge in [-0.2, -0.15) is 0 Å². The Morgan fingerprint density at radius 1 is 1.29 bits per heavy atom. The van der Waals surface area contributed by atoms with E-state index in [1.807, 2.05) is 17.2 Å². The molecule has 1 aliphatic heterocycles. The molecular formula is C18H27N3O2S. The first-order valence-corrected chi connectivity index (χ1v) is 9.99. The highest BCUT2D eigenvalue weighted by molar-refractivity contribution is 7.09. The normalized spacial score (nSPS) is 23.1. The fraction of sp³-hybridized carbons (Fsp3) is 0.722. The number of piperidine rings is 1. The molecule has 2 amide bonds. The number of aryl methyl sites for hydroxylation is 1. The molecule has 1 aromatic rings. The maximum absolute atomic E-state index is 12.5. The van der Waals surface area contributed by atoms with Gasteiger partial charge in [-0.1, -0.05) is 25.7 Å². The van der Waals surface area contributed by atoms with Crippen molar-refractivity contribution in [2.24, 2.45) is 5.92 Å². The number of nitrogens with one attached hydrogen (secondary N) is 1. The molecule has 1 saturated heterocycles. The van der Waals surface area contributed by atoms with E-state index in [9.17, 15) is 9.59 Å². The van der Waals surface area contributed by atoms with Gasteiger partial charge in [-0.05, 0) is 26.2 Å². The Morgan fingerprint density at radius 2 is 2.04 bits per heavy atom. The predicted molar refractivity (Wildman–Crippen MR) is 94.6 cm³/mol. The van der Waals surface area contributed by atoms with Gasteiger partial charge in [0.25, 0.3) is 0 Å². The first kappa shape index (κ1) is 17.4. The summed E-state index contributed by atoms with van der Waals surface area (Å²) in [6, 6.07) is 0.344. The summed E-state index contributed by atoms with van der Waals surface area (Å²) < 4.78 is 0. The topological polar surface area (TPSA) is 62.3 Å². The lowest BCUT2D eigenvalue weighted by Crippen LogP contribution is -2.49. The van der Waals surface area contributed by atoms with Crippen molar-refractivity contribution in [2.45, 2.75) is 70.9 Å². The molecule has 1 atom stereocenters. The molecular weight excluding hydrogens is 322 g/mol. The predicted octanol–water partition coefficient (Wildman–Crippen LogP) is 3.03. The van der Waals surface area contributed by atoms with Gasteiger partial charge < -0.3 is 10.2 Å². The number of hydrogen-bond acceptors (Lipinski definition) is 4. The quantitative estimate of drug-likeness (QED) is 0.850. The zero-order chi connectivity index (χ0) is 16.9. The summed E-state index contributed by atoms with van der Waals surface area (Å²) in [5, 5.41) is 6.00. The van der Waals surface area contributed by atoms with Crippen LogP contribution < -0.4 is 5.32 Å². The average Bonchev–Trinajstić information content (AvgIpc) is 2.83. The Bertz CT molecular complexity index is 579. The van der Waals surface area contributed by atoms with E-state index in [1.54, 1.807) is 11.3 Å². The van der Waals surface area contributed by atoms with Gasteiger partial charge in [-0.15, -0.1) is 11.3 Å². The van der Waals surface area contributed by atoms with Gasteiger partial charge in [0, 0.05) is 24.4 Å². The van der Waals surface area contributed by atoms with Crippen molar-refractivity contribution in [3.8, 4) is 0 Å². The Labute approximate surface area is 147 Å². The van der Waals surface area contributed by atoms with Crippen LogP contribution in [0.1, 0.15) is 62.1 Å². The number of amides is 2. The molecule has 2 aliphatic rings. The van der Waals surface area contributed by atoms with Gasteiger partial charge in [0.1, 0.15) is 0 Å². The van der Waals surface area contributed by atoms with Gasteiger partial charge in [0.05, 0.1) is 23.2 Å². The van der Waals surface area contributed by atoms with Gasteiger partial charge in [-0.3, -0.25) is 9.59 Å². The van der Waals surface area contributed by atoms with Crippen molar-refractivity contribution in [3.05, 3.63) is 16.1 Å². The summed E-state index contributed by atoms with van der Waals surface area (Å²) >= 11 is 1.60. The number of likely N-dealkylation sites (tertiary alicyclic amines) is 1. The average molecular weight is 350 g/mol. The summed E-state index contributed by atoms with van der Waals surface area (Å²) in [5.74, 6) is 0.221. The number of thiazole rings is 1. The van der Waals surface area contributed by atoms with Gasteiger partial charge in [0.2, 0.25) is 11.8 Å². The van der Waals surface area contributed by atoms with Crippen LogP contribution >= 0.6 is 11.3 Å². The number of hydrogen-bond donors (Lipinski definition) is 1. The maximum Gasteiger partial charge on any atom is 0.225 e. The van der Waals surface area contributed by atoms with Gasteiger partial charge in [0.15, 0.2) is 0 Å². The zero-order valence-electron chi connectivity index (χ0n) is 14.4. The first-order valence-electron chi connectivity index (χ1n) is 9.11. The molecule has 0 unspecified atom stereocenters. The SMILES string of the molecule is Cc1nc(CNC(=O)[C@H]2CCC(=O)N(C3CCCCCC3)C2)cs1. The fourth-order valence-electron chi connectivity index (χ4n) is 3.82. The Morgan fingerprint density at radius 3 is 2.71 bits per heavy atom. The van der Waals surface area contributed by atoms with E-state index in [2.05, 4.69) is 10.3 Å². The molecule has 0 spiro atoms. The highest BCUT2D eigenvalue weighted by Crippen LogP contribution is 2.27. The molecule has 0 bridgehead atoms. The van der Waals surface area contributed by atoms with Crippen LogP contribution in [0.25, 0.3) is 0 Å². The lowest BCUT2D eigenvalue weighted by Gasteiger charge is -2.37. The van der Waals surface area contributed by atoms with Crippen molar-refractivity contribution < 1.29 is 9.59 Å². The standard InChI is InChI=1S/C18H27N3O2S/c1-13-20-15(12-24-13)10-19-18(23)14-8-9-17(22)21(11-14)16-6-4-2-3-5-7-16/h12,14,16H,2-11H2,1H3,(H,19,23)/t14-/m0/s1. The lowest BCUT2D eigenvalue weighted by atomic mass is 9.93. The second-order valence-electron chi connectivity index (χ2n) is 7.00. The largest absolute Gasteiger partial charge is 0.350 e. The van der Waals surface area contributed by atoms with E-state index in [-0.39, 0.29) is 17.7 Å². The molecule has 1 aromatic heterocycles. The fourth-order valence-corrected chi connectivity index (χ4v) is 4.43. The van der Waals surface area contributed by atoms with Crippen LogP contribution in [0.5, 0.6) is 0 Å². The Balaban J connectivity index is 1.55. The van der Waals surface area contributed by atoms with Crippen LogP contribution in [0, 0.1) is 12.8 Å². The summed E-state index contributed by atoms with van der Waals surface area (Å²) in [7, 11) is 0. The van der Waals surface area contributed by atoms with E-state index in [0.29, 0.717) is 32.0 Å². The molecule has 3 rings (SSSR count). The molecule has 0 aromatic carbocycles. The number of rotatable bonds is 4. The maximum atomic E-state index is 12.5. The van der Waals surface area contributed by atoms with Crippen LogP contribution in [-0.2, 0) is 16.1 Å². The minimum atomic E-state index is -0.0781. The number of carbonyl (C=O) groups is 2. The van der Waals surface area contributed by atoms with Gasteiger partial charge >= 0.3 is 0 Å². The molecule has 1 aliphatic carbocycles. The second-order valence-corrected chi connectivity index (χ2v) is 8.06. The van der Waals surface area contributed by atoms with Crippen molar-refractivity contribution in [1.29, 1.82) is 0 Å². The van der Waals surface area contributed by atoms with Gasteiger partial charge in [-0.25, -0.2) is 4.98 Å². The number of carbonyl (C=O) groups excluding carboxylic acids is 2. The molecule has 1 saturated carbocycles. The molecule has 5 nitrogen and oxygen atoms in total. The van der Waals surface area contributed by atoms with E-state index in [0.717, 1.165) is 23.5 Å². The monoisotopic (exact) mass is 349 g/mol. The molecule has 2 heterocycles. The third-order valence-corrected chi connectivity index (χ3v) is 6.01. The van der Waals surface area contributed by atoms with Crippen molar-refractivity contribution >= 4 is 23.2 Å². The second kappa shape index (κ2) is 8.10. The smallest absolute Gasteiger partial charge is 0.225 e.